The molecule has 0 saturated carbocycles. The van der Waals surface area contributed by atoms with Crippen molar-refractivity contribution in [3.8, 4) is 28.4 Å². The van der Waals surface area contributed by atoms with E-state index in [2.05, 4.69) is 15.0 Å². The third-order valence-corrected chi connectivity index (χ3v) is 3.01. The van der Waals surface area contributed by atoms with Crippen LogP contribution in [-0.2, 0) is 0 Å². The van der Waals surface area contributed by atoms with Gasteiger partial charge >= 0.3 is 0 Å². The molecule has 4 nitrogen and oxygen atoms in total. The molecule has 20 heavy (non-hydrogen) atoms. The van der Waals surface area contributed by atoms with Crippen molar-refractivity contribution in [2.45, 2.75) is 6.92 Å². The van der Waals surface area contributed by atoms with Gasteiger partial charge in [0.25, 0.3) is 0 Å². The van der Waals surface area contributed by atoms with Crippen molar-refractivity contribution in [2.24, 2.45) is 0 Å². The van der Waals surface area contributed by atoms with E-state index in [0.717, 1.165) is 28.4 Å². The Bertz CT molecular complexity index is 674. The van der Waals surface area contributed by atoms with E-state index in [-0.39, 0.29) is 0 Å². The molecule has 0 bridgehead atoms. The van der Waals surface area contributed by atoms with Crippen LogP contribution in [0.15, 0.2) is 55.0 Å². The van der Waals surface area contributed by atoms with Crippen LogP contribution in [0, 0.1) is 0 Å². The lowest BCUT2D eigenvalue weighted by atomic mass is 10.1. The van der Waals surface area contributed by atoms with Gasteiger partial charge in [0.05, 0.1) is 18.5 Å². The molecule has 0 radical (unpaired) electrons. The van der Waals surface area contributed by atoms with Crippen molar-refractivity contribution < 1.29 is 4.74 Å². The van der Waals surface area contributed by atoms with E-state index in [1.54, 1.807) is 12.4 Å². The Balaban J connectivity index is 1.86. The summed E-state index contributed by atoms with van der Waals surface area (Å²) < 4.78 is 5.44. The predicted octanol–water partition coefficient (Wildman–Crippen LogP) is 3.54. The van der Waals surface area contributed by atoms with Crippen LogP contribution < -0.4 is 4.74 Å². The molecule has 3 aromatic rings. The Hall–Kier alpha value is -2.62. The summed E-state index contributed by atoms with van der Waals surface area (Å²) in [4.78, 5) is 11.7. The average molecular weight is 265 g/mol. The highest BCUT2D eigenvalue weighted by Crippen LogP contribution is 2.23. The molecular formula is C16H15N3O. The highest BCUT2D eigenvalue weighted by atomic mass is 16.5. The van der Waals surface area contributed by atoms with Gasteiger partial charge in [0, 0.05) is 18.0 Å². The zero-order valence-electron chi connectivity index (χ0n) is 11.2. The van der Waals surface area contributed by atoms with E-state index in [1.807, 2.05) is 49.5 Å². The van der Waals surface area contributed by atoms with Gasteiger partial charge in [-0.05, 0) is 48.9 Å². The molecule has 3 rings (SSSR count). The number of aromatic amines is 1. The summed E-state index contributed by atoms with van der Waals surface area (Å²) in [5.41, 5.74) is 3.10. The van der Waals surface area contributed by atoms with Crippen LogP contribution in [0.1, 0.15) is 6.92 Å². The molecule has 0 atom stereocenters. The molecule has 100 valence electrons. The van der Waals surface area contributed by atoms with Crippen LogP contribution in [0.25, 0.3) is 22.6 Å². The molecule has 0 aliphatic rings. The third kappa shape index (κ3) is 2.54. The van der Waals surface area contributed by atoms with E-state index in [0.29, 0.717) is 6.61 Å². The predicted molar refractivity (Wildman–Crippen MR) is 78.4 cm³/mol. The fourth-order valence-electron chi connectivity index (χ4n) is 2.02. The zero-order valence-corrected chi connectivity index (χ0v) is 11.2. The number of hydrogen-bond donors (Lipinski definition) is 1. The number of imidazole rings is 1. The summed E-state index contributed by atoms with van der Waals surface area (Å²) >= 11 is 0. The number of nitrogens with one attached hydrogen (secondary N) is 1. The summed E-state index contributed by atoms with van der Waals surface area (Å²) in [5, 5.41) is 0. The van der Waals surface area contributed by atoms with Crippen LogP contribution in [0.2, 0.25) is 0 Å². The lowest BCUT2D eigenvalue weighted by molar-refractivity contribution is 0.340. The third-order valence-electron chi connectivity index (χ3n) is 3.01. The van der Waals surface area contributed by atoms with Crippen molar-refractivity contribution in [1.29, 1.82) is 0 Å². The highest BCUT2D eigenvalue weighted by Gasteiger charge is 2.05. The Labute approximate surface area is 117 Å². The van der Waals surface area contributed by atoms with E-state index in [1.165, 1.54) is 0 Å². The van der Waals surface area contributed by atoms with Gasteiger partial charge in [-0.3, -0.25) is 4.98 Å². The summed E-state index contributed by atoms with van der Waals surface area (Å²) in [6.07, 6.45) is 5.36. The zero-order chi connectivity index (χ0) is 13.8. The van der Waals surface area contributed by atoms with E-state index < -0.39 is 0 Å². The minimum absolute atomic E-state index is 0.676. The Morgan fingerprint density at radius 3 is 2.45 bits per heavy atom. The van der Waals surface area contributed by atoms with Crippen molar-refractivity contribution in [1.82, 2.24) is 15.0 Å². The number of aromatic nitrogens is 3. The van der Waals surface area contributed by atoms with Crippen LogP contribution in [-0.4, -0.2) is 21.6 Å². The second-order valence-corrected chi connectivity index (χ2v) is 4.34. The maximum Gasteiger partial charge on any atom is 0.137 e. The number of pyridine rings is 1. The van der Waals surface area contributed by atoms with Crippen LogP contribution in [0.3, 0.4) is 0 Å². The number of ether oxygens (including phenoxy) is 1. The minimum Gasteiger partial charge on any atom is -0.494 e. The maximum atomic E-state index is 5.44. The lowest BCUT2D eigenvalue weighted by Gasteiger charge is -2.03. The monoisotopic (exact) mass is 265 g/mol. The first-order chi connectivity index (χ1) is 9.86. The first kappa shape index (κ1) is 12.4. The van der Waals surface area contributed by atoms with Gasteiger partial charge in [0.15, 0.2) is 0 Å². The van der Waals surface area contributed by atoms with Crippen molar-refractivity contribution in [2.75, 3.05) is 6.61 Å². The van der Waals surface area contributed by atoms with Crippen LogP contribution in [0.4, 0.5) is 0 Å². The quantitative estimate of drug-likeness (QED) is 0.785. The molecule has 0 aliphatic carbocycles. The Kier molecular flexibility index (Phi) is 3.46. The molecule has 0 saturated heterocycles. The van der Waals surface area contributed by atoms with Crippen molar-refractivity contribution in [3.05, 3.63) is 55.0 Å². The number of hydrogen-bond acceptors (Lipinski definition) is 3. The van der Waals surface area contributed by atoms with Gasteiger partial charge in [-0.15, -0.1) is 0 Å². The average Bonchev–Trinajstić information content (AvgIpc) is 2.99. The van der Waals surface area contributed by atoms with E-state index >= 15 is 0 Å². The van der Waals surface area contributed by atoms with Crippen molar-refractivity contribution >= 4 is 0 Å². The van der Waals surface area contributed by atoms with Gasteiger partial charge in [0.1, 0.15) is 11.6 Å². The molecule has 1 aromatic carbocycles. The van der Waals surface area contributed by atoms with Gasteiger partial charge in [-0.1, -0.05) is 0 Å². The number of H-pyrrole nitrogens is 1. The highest BCUT2D eigenvalue weighted by molar-refractivity contribution is 5.64. The number of benzene rings is 1. The van der Waals surface area contributed by atoms with Crippen molar-refractivity contribution in [3.63, 3.8) is 0 Å². The fraction of sp³-hybridized carbons (Fsp3) is 0.125. The molecule has 0 spiro atoms. The lowest BCUT2D eigenvalue weighted by Crippen LogP contribution is -1.90. The standard InChI is InChI=1S/C16H15N3O/c1-2-20-14-5-3-12(4-6-14)15-11-18-16(19-15)13-7-9-17-10-8-13/h3-11H,2H2,1H3,(H,18,19). The minimum atomic E-state index is 0.676. The summed E-state index contributed by atoms with van der Waals surface area (Å²) in [6.45, 7) is 2.65. The van der Waals surface area contributed by atoms with Crippen LogP contribution in [0.5, 0.6) is 5.75 Å². The number of nitrogens with zero attached hydrogens (tertiary/aromatic N) is 2. The summed E-state index contributed by atoms with van der Waals surface area (Å²) in [5.74, 6) is 1.72. The molecule has 0 unspecified atom stereocenters. The van der Waals surface area contributed by atoms with Gasteiger partial charge < -0.3 is 9.72 Å². The fourth-order valence-corrected chi connectivity index (χ4v) is 2.02. The summed E-state index contributed by atoms with van der Waals surface area (Å²) in [6, 6.07) is 11.8. The smallest absolute Gasteiger partial charge is 0.137 e. The second kappa shape index (κ2) is 5.57. The molecular weight excluding hydrogens is 250 g/mol. The second-order valence-electron chi connectivity index (χ2n) is 4.34. The SMILES string of the molecule is CCOc1ccc(-c2cnc(-c3ccncc3)[nH]2)cc1. The normalized spacial score (nSPS) is 10.4. The molecule has 0 fully saturated rings. The van der Waals surface area contributed by atoms with E-state index in [9.17, 15) is 0 Å². The molecule has 0 aliphatic heterocycles. The van der Waals surface area contributed by atoms with Gasteiger partial charge in [-0.25, -0.2) is 4.98 Å². The Morgan fingerprint density at radius 2 is 1.75 bits per heavy atom. The maximum absolute atomic E-state index is 5.44. The van der Waals surface area contributed by atoms with E-state index in [4.69, 9.17) is 4.74 Å². The summed E-state index contributed by atoms with van der Waals surface area (Å²) in [7, 11) is 0. The molecule has 1 N–H and O–H groups in total. The Morgan fingerprint density at radius 1 is 1.00 bits per heavy atom. The van der Waals surface area contributed by atoms with Gasteiger partial charge in [0.2, 0.25) is 0 Å². The number of rotatable bonds is 4. The topological polar surface area (TPSA) is 50.8 Å². The molecule has 2 aromatic heterocycles. The first-order valence-electron chi connectivity index (χ1n) is 6.55. The largest absolute Gasteiger partial charge is 0.494 e. The first-order valence-corrected chi connectivity index (χ1v) is 6.55. The molecule has 0 amide bonds. The van der Waals surface area contributed by atoms with Crippen LogP contribution >= 0.6 is 0 Å². The molecule has 4 heteroatoms. The molecule has 2 heterocycles. The van der Waals surface area contributed by atoms with Gasteiger partial charge in [-0.2, -0.15) is 0 Å².